The van der Waals surface area contributed by atoms with Gasteiger partial charge in [-0.1, -0.05) is 22.3 Å². The van der Waals surface area contributed by atoms with E-state index < -0.39 is 5.60 Å². The molecule has 0 N–H and O–H groups in total. The summed E-state index contributed by atoms with van der Waals surface area (Å²) in [6.07, 6.45) is 0. The first kappa shape index (κ1) is 22.4. The van der Waals surface area contributed by atoms with E-state index in [1.54, 1.807) is 13.8 Å². The summed E-state index contributed by atoms with van der Waals surface area (Å²) in [5.41, 5.74) is -0.597. The van der Waals surface area contributed by atoms with E-state index in [0.717, 1.165) is 0 Å². The molecule has 0 amide bonds. The van der Waals surface area contributed by atoms with Crippen LogP contribution in [0.2, 0.25) is 0 Å². The largest absolute Gasteiger partial charge is 0.371 e. The molecule has 0 saturated heterocycles. The van der Waals surface area contributed by atoms with Crippen molar-refractivity contribution in [3.8, 4) is 0 Å². The van der Waals surface area contributed by atoms with Crippen molar-refractivity contribution < 1.29 is 9.53 Å². The fraction of sp³-hybridized carbons (Fsp3) is 0.889. The van der Waals surface area contributed by atoms with Crippen LogP contribution in [-0.4, -0.2) is 18.5 Å². The van der Waals surface area contributed by atoms with Crippen LogP contribution in [-0.2, 0) is 9.53 Å². The van der Waals surface area contributed by atoms with Gasteiger partial charge < -0.3 is 4.74 Å². The van der Waals surface area contributed by atoms with Crippen LogP contribution in [0.4, 0.5) is 0 Å². The van der Waals surface area contributed by atoms with Gasteiger partial charge in [0, 0.05) is 7.11 Å². The monoisotopic (exact) mass is 164 g/mol. The molecule has 0 fully saturated rings. The Hall–Kier alpha value is -0.370. The maximum Gasteiger partial charge on any atom is 0.160 e. The number of ketones is 1. The lowest BCUT2D eigenvalue weighted by Crippen LogP contribution is -2.31. The van der Waals surface area contributed by atoms with Crippen molar-refractivity contribution in [3.05, 3.63) is 0 Å². The van der Waals surface area contributed by atoms with Crippen molar-refractivity contribution in [1.82, 2.24) is 0 Å². The van der Waals surface area contributed by atoms with E-state index in [1.807, 2.05) is 0 Å². The van der Waals surface area contributed by atoms with Gasteiger partial charge in [-0.25, -0.2) is 0 Å². The van der Waals surface area contributed by atoms with Crippen LogP contribution in [0.15, 0.2) is 0 Å². The Labute approximate surface area is 72.0 Å². The molecule has 72 valence electrons. The molecule has 0 aromatic heterocycles. The van der Waals surface area contributed by atoms with Gasteiger partial charge in [0.25, 0.3) is 0 Å². The molecule has 0 aromatic rings. The number of carbonyl (C=O) groups excluding carboxylic acids is 1. The van der Waals surface area contributed by atoms with E-state index in [9.17, 15) is 4.79 Å². The Balaban J connectivity index is -0.0000000817. The van der Waals surface area contributed by atoms with Gasteiger partial charge in [-0.3, -0.25) is 4.79 Å². The molecule has 0 rings (SSSR count). The number of Topliss-reactive ketones (excluding diaryl/α,β-unsaturated/α-hetero) is 1. The van der Waals surface area contributed by atoms with E-state index in [-0.39, 0.29) is 28.1 Å². The Bertz CT molecular complexity index is 95.7. The first-order valence-electron chi connectivity index (χ1n) is 2.57. The molecule has 0 saturated carbocycles. The summed E-state index contributed by atoms with van der Waals surface area (Å²) < 4.78 is 4.85. The average Bonchev–Trinajstić information content (AvgIpc) is 1.67. The smallest absolute Gasteiger partial charge is 0.160 e. The Morgan fingerprint density at radius 1 is 1.18 bits per heavy atom. The fourth-order valence-electron chi connectivity index (χ4n) is 0.144. The zero-order chi connectivity index (χ0) is 6.78. The first-order chi connectivity index (χ1) is 3.50. The van der Waals surface area contributed by atoms with E-state index >= 15 is 0 Å². The standard InChI is InChI=1S/C6H12O2.3CH4/c1-5(7)6(2,3)8-4;;;/h1-4H3;3*1H4. The lowest BCUT2D eigenvalue weighted by Gasteiger charge is -2.17. The van der Waals surface area contributed by atoms with Crippen LogP contribution in [0, 0.1) is 0 Å². The van der Waals surface area contributed by atoms with E-state index in [0.29, 0.717) is 0 Å². The van der Waals surface area contributed by atoms with Crippen LogP contribution in [0.25, 0.3) is 0 Å². The maximum atomic E-state index is 10.6. The van der Waals surface area contributed by atoms with Gasteiger partial charge in [0.05, 0.1) is 0 Å². The number of hydrogen-bond donors (Lipinski definition) is 0. The summed E-state index contributed by atoms with van der Waals surface area (Å²) in [5.74, 6) is 0.0556. The lowest BCUT2D eigenvalue weighted by molar-refractivity contribution is -0.134. The minimum Gasteiger partial charge on any atom is -0.371 e. The average molecular weight is 164 g/mol. The SMILES string of the molecule is C.C.C.COC(C)(C)C(C)=O. The Morgan fingerprint density at radius 3 is 1.45 bits per heavy atom. The minimum atomic E-state index is -0.597. The highest BCUT2D eigenvalue weighted by atomic mass is 16.5. The lowest BCUT2D eigenvalue weighted by atomic mass is 10.1. The van der Waals surface area contributed by atoms with Gasteiger partial charge in [-0.15, -0.1) is 0 Å². The molecule has 11 heavy (non-hydrogen) atoms. The number of hydrogen-bond acceptors (Lipinski definition) is 2. The first-order valence-corrected chi connectivity index (χ1v) is 2.57. The molecule has 0 aromatic carbocycles. The number of ether oxygens (including phenoxy) is 1. The molecule has 0 atom stereocenters. The van der Waals surface area contributed by atoms with Gasteiger partial charge in [0.15, 0.2) is 5.78 Å². The summed E-state index contributed by atoms with van der Waals surface area (Å²) >= 11 is 0. The second-order valence-electron chi connectivity index (χ2n) is 2.27. The Kier molecular flexibility index (Phi) is 15.8. The zero-order valence-corrected chi connectivity index (χ0v) is 5.82. The molecule has 0 radical (unpaired) electrons. The van der Waals surface area contributed by atoms with E-state index in [2.05, 4.69) is 0 Å². The van der Waals surface area contributed by atoms with Crippen molar-refractivity contribution in [2.24, 2.45) is 0 Å². The number of methoxy groups -OCH3 is 1. The van der Waals surface area contributed by atoms with Gasteiger partial charge in [0.1, 0.15) is 5.60 Å². The number of carbonyl (C=O) groups is 1. The van der Waals surface area contributed by atoms with Crippen molar-refractivity contribution in [2.45, 2.75) is 48.7 Å². The van der Waals surface area contributed by atoms with Crippen LogP contribution in [0.5, 0.6) is 0 Å². The van der Waals surface area contributed by atoms with Crippen LogP contribution in [0.1, 0.15) is 43.1 Å². The highest BCUT2D eigenvalue weighted by Gasteiger charge is 2.21. The zero-order valence-electron chi connectivity index (χ0n) is 5.82. The fourth-order valence-corrected chi connectivity index (χ4v) is 0.144. The summed E-state index contributed by atoms with van der Waals surface area (Å²) in [7, 11) is 1.53. The summed E-state index contributed by atoms with van der Waals surface area (Å²) in [4.78, 5) is 10.6. The number of rotatable bonds is 2. The van der Waals surface area contributed by atoms with Gasteiger partial charge in [-0.05, 0) is 20.8 Å². The predicted molar refractivity (Wildman–Crippen MR) is 52.0 cm³/mol. The molecule has 2 nitrogen and oxygen atoms in total. The molecule has 0 heterocycles. The molecule has 0 aliphatic rings. The van der Waals surface area contributed by atoms with Crippen LogP contribution < -0.4 is 0 Å². The maximum absolute atomic E-state index is 10.6. The highest BCUT2D eigenvalue weighted by Crippen LogP contribution is 2.06. The highest BCUT2D eigenvalue weighted by molar-refractivity contribution is 5.83. The summed E-state index contributed by atoms with van der Waals surface area (Å²) in [6.45, 7) is 5.01. The van der Waals surface area contributed by atoms with Crippen LogP contribution >= 0.6 is 0 Å². The van der Waals surface area contributed by atoms with E-state index in [1.165, 1.54) is 14.0 Å². The molecule has 0 unspecified atom stereocenters. The Morgan fingerprint density at radius 2 is 1.45 bits per heavy atom. The molecule has 0 aliphatic heterocycles. The van der Waals surface area contributed by atoms with Gasteiger partial charge in [0.2, 0.25) is 0 Å². The van der Waals surface area contributed by atoms with Gasteiger partial charge in [-0.2, -0.15) is 0 Å². The van der Waals surface area contributed by atoms with Crippen LogP contribution in [0.3, 0.4) is 0 Å². The van der Waals surface area contributed by atoms with Crippen molar-refractivity contribution in [3.63, 3.8) is 0 Å². The third kappa shape index (κ3) is 7.53. The van der Waals surface area contributed by atoms with Crippen molar-refractivity contribution >= 4 is 5.78 Å². The normalized spacial score (nSPS) is 8.36. The third-order valence-corrected chi connectivity index (χ3v) is 1.36. The molecule has 0 aliphatic carbocycles. The topological polar surface area (TPSA) is 26.3 Å². The summed E-state index contributed by atoms with van der Waals surface area (Å²) in [6, 6.07) is 0. The molecule has 2 heteroatoms. The van der Waals surface area contributed by atoms with E-state index in [4.69, 9.17) is 4.74 Å². The van der Waals surface area contributed by atoms with Gasteiger partial charge >= 0.3 is 0 Å². The molecular formula is C9H24O2. The second-order valence-corrected chi connectivity index (χ2v) is 2.27. The minimum absolute atomic E-state index is 0. The second kappa shape index (κ2) is 7.73. The summed E-state index contributed by atoms with van der Waals surface area (Å²) in [5, 5.41) is 0. The quantitative estimate of drug-likeness (QED) is 0.627. The van der Waals surface area contributed by atoms with Crippen molar-refractivity contribution in [2.75, 3.05) is 7.11 Å². The third-order valence-electron chi connectivity index (χ3n) is 1.36. The molecule has 0 bridgehead atoms. The molecule has 0 spiro atoms. The molecular weight excluding hydrogens is 140 g/mol. The predicted octanol–water partition coefficient (Wildman–Crippen LogP) is 2.91. The van der Waals surface area contributed by atoms with Crippen molar-refractivity contribution in [1.29, 1.82) is 0 Å².